The van der Waals surface area contributed by atoms with Gasteiger partial charge in [0.15, 0.2) is 5.13 Å². The lowest BCUT2D eigenvalue weighted by atomic mass is 10.1. The first-order chi connectivity index (χ1) is 16.1. The molecule has 0 bridgehead atoms. The van der Waals surface area contributed by atoms with Crippen LogP contribution in [0, 0.1) is 0 Å². The van der Waals surface area contributed by atoms with Gasteiger partial charge in [-0.2, -0.15) is 0 Å². The second-order valence-corrected chi connectivity index (χ2v) is 10.3. The summed E-state index contributed by atoms with van der Waals surface area (Å²) in [5.74, 6) is -0.0852. The third-order valence-corrected chi connectivity index (χ3v) is 8.26. The molecule has 0 N–H and O–H groups in total. The molecule has 0 saturated carbocycles. The number of thiophene rings is 1. The standard InChI is InChI=1S/C25H26N4O2S2/c1-3-17-9-7-8-11-20(17)29(16(2)30)25-27-18(14-32-25)13-28-15-26-23-22(24(28)31)19-10-5-4-6-12-21(19)33-23/h7-9,11,14-15H,3-6,10,12-13H2,1-2H3. The number of amides is 1. The molecular weight excluding hydrogens is 452 g/mol. The number of aryl methyl sites for hydroxylation is 3. The zero-order chi connectivity index (χ0) is 22.9. The number of hydrogen-bond acceptors (Lipinski definition) is 6. The predicted molar refractivity (Wildman–Crippen MR) is 135 cm³/mol. The van der Waals surface area contributed by atoms with Crippen LogP contribution >= 0.6 is 22.7 Å². The molecule has 1 aliphatic rings. The summed E-state index contributed by atoms with van der Waals surface area (Å²) in [6.07, 6.45) is 7.99. The molecule has 1 aliphatic carbocycles. The molecule has 6 nitrogen and oxygen atoms in total. The highest BCUT2D eigenvalue weighted by atomic mass is 32.1. The van der Waals surface area contributed by atoms with Crippen molar-refractivity contribution in [3.8, 4) is 0 Å². The molecular formula is C25H26N4O2S2. The van der Waals surface area contributed by atoms with Gasteiger partial charge in [-0.05, 0) is 49.3 Å². The molecule has 0 unspecified atom stereocenters. The molecule has 5 rings (SSSR count). The number of rotatable bonds is 5. The quantitative estimate of drug-likeness (QED) is 0.356. The van der Waals surface area contributed by atoms with Crippen LogP contribution in [0.4, 0.5) is 10.8 Å². The van der Waals surface area contributed by atoms with Crippen molar-refractivity contribution < 1.29 is 4.79 Å². The van der Waals surface area contributed by atoms with Crippen LogP contribution < -0.4 is 10.5 Å². The Kier molecular flexibility index (Phi) is 6.12. The van der Waals surface area contributed by atoms with Crippen molar-refractivity contribution in [3.05, 3.63) is 68.0 Å². The van der Waals surface area contributed by atoms with Crippen LogP contribution in [0.3, 0.4) is 0 Å². The second kappa shape index (κ2) is 9.19. The van der Waals surface area contributed by atoms with Gasteiger partial charge in [-0.25, -0.2) is 9.97 Å². The van der Waals surface area contributed by atoms with Crippen molar-refractivity contribution in [2.75, 3.05) is 4.90 Å². The second-order valence-electron chi connectivity index (χ2n) is 8.38. The van der Waals surface area contributed by atoms with Gasteiger partial charge in [0.1, 0.15) is 4.83 Å². The van der Waals surface area contributed by atoms with E-state index in [1.54, 1.807) is 34.1 Å². The minimum absolute atomic E-state index is 0.00806. The number of anilines is 2. The molecule has 0 aliphatic heterocycles. The van der Waals surface area contributed by atoms with Gasteiger partial charge in [0.2, 0.25) is 5.91 Å². The van der Waals surface area contributed by atoms with Crippen LogP contribution in [-0.2, 0) is 30.6 Å². The summed E-state index contributed by atoms with van der Waals surface area (Å²) in [5.41, 5.74) is 3.91. The number of para-hydroxylation sites is 1. The van der Waals surface area contributed by atoms with Gasteiger partial charge < -0.3 is 0 Å². The van der Waals surface area contributed by atoms with Gasteiger partial charge in [0.05, 0.1) is 29.6 Å². The number of thiazole rings is 1. The summed E-state index contributed by atoms with van der Waals surface area (Å²) in [5, 5.41) is 3.33. The summed E-state index contributed by atoms with van der Waals surface area (Å²) >= 11 is 3.09. The van der Waals surface area contributed by atoms with Crippen molar-refractivity contribution in [3.63, 3.8) is 0 Å². The molecule has 3 aromatic heterocycles. The number of benzene rings is 1. The van der Waals surface area contributed by atoms with Crippen molar-refractivity contribution in [2.24, 2.45) is 0 Å². The van der Waals surface area contributed by atoms with Gasteiger partial charge in [0, 0.05) is 17.2 Å². The van der Waals surface area contributed by atoms with E-state index in [0.29, 0.717) is 11.7 Å². The number of hydrogen-bond donors (Lipinski definition) is 0. The molecule has 170 valence electrons. The van der Waals surface area contributed by atoms with E-state index in [-0.39, 0.29) is 11.5 Å². The molecule has 33 heavy (non-hydrogen) atoms. The highest BCUT2D eigenvalue weighted by Gasteiger charge is 2.22. The van der Waals surface area contributed by atoms with Gasteiger partial charge in [-0.3, -0.25) is 19.1 Å². The molecule has 4 aromatic rings. The number of fused-ring (bicyclic) bond motifs is 3. The van der Waals surface area contributed by atoms with E-state index in [1.165, 1.54) is 34.6 Å². The van der Waals surface area contributed by atoms with Crippen LogP contribution in [0.5, 0.6) is 0 Å². The molecule has 0 radical (unpaired) electrons. The SMILES string of the molecule is CCc1ccccc1N(C(C)=O)c1nc(Cn2cnc3sc4c(c3c2=O)CCCCC4)cs1. The Morgan fingerprint density at radius 2 is 2.00 bits per heavy atom. The van der Waals surface area contributed by atoms with Gasteiger partial charge in [-0.15, -0.1) is 22.7 Å². The third kappa shape index (κ3) is 4.13. The van der Waals surface area contributed by atoms with Gasteiger partial charge >= 0.3 is 0 Å². The minimum atomic E-state index is -0.0852. The number of aromatic nitrogens is 3. The normalized spacial score (nSPS) is 13.6. The molecule has 1 amide bonds. The van der Waals surface area contributed by atoms with Gasteiger partial charge in [-0.1, -0.05) is 31.5 Å². The van der Waals surface area contributed by atoms with E-state index in [0.717, 1.165) is 52.8 Å². The predicted octanol–water partition coefficient (Wildman–Crippen LogP) is 5.48. The van der Waals surface area contributed by atoms with E-state index in [2.05, 4.69) is 11.9 Å². The van der Waals surface area contributed by atoms with E-state index in [1.807, 2.05) is 29.6 Å². The van der Waals surface area contributed by atoms with Crippen molar-refractivity contribution in [2.45, 2.75) is 58.9 Å². The molecule has 3 heterocycles. The lowest BCUT2D eigenvalue weighted by molar-refractivity contribution is -0.115. The summed E-state index contributed by atoms with van der Waals surface area (Å²) in [7, 11) is 0. The summed E-state index contributed by atoms with van der Waals surface area (Å²) < 4.78 is 1.65. The molecule has 0 fully saturated rings. The minimum Gasteiger partial charge on any atom is -0.293 e. The largest absolute Gasteiger partial charge is 0.293 e. The Morgan fingerprint density at radius 1 is 1.18 bits per heavy atom. The molecule has 0 spiro atoms. The van der Waals surface area contributed by atoms with E-state index >= 15 is 0 Å². The Labute approximate surface area is 200 Å². The summed E-state index contributed by atoms with van der Waals surface area (Å²) in [6, 6.07) is 7.90. The Bertz CT molecular complexity index is 1380. The zero-order valence-electron chi connectivity index (χ0n) is 18.8. The smallest absolute Gasteiger partial charge is 0.262 e. The molecule has 0 saturated heterocycles. The van der Waals surface area contributed by atoms with Crippen LogP contribution in [0.1, 0.15) is 54.8 Å². The number of carbonyl (C=O) groups is 1. The lowest BCUT2D eigenvalue weighted by Gasteiger charge is -2.21. The number of carbonyl (C=O) groups excluding carboxylic acids is 1. The van der Waals surface area contributed by atoms with Crippen molar-refractivity contribution in [1.82, 2.24) is 14.5 Å². The topological polar surface area (TPSA) is 68.1 Å². The number of nitrogens with zero attached hydrogens (tertiary/aromatic N) is 4. The Balaban J connectivity index is 1.48. The van der Waals surface area contributed by atoms with E-state index < -0.39 is 0 Å². The molecule has 0 atom stereocenters. The fraction of sp³-hybridized carbons (Fsp3) is 0.360. The highest BCUT2D eigenvalue weighted by molar-refractivity contribution is 7.18. The Morgan fingerprint density at radius 3 is 2.82 bits per heavy atom. The van der Waals surface area contributed by atoms with Gasteiger partial charge in [0.25, 0.3) is 5.56 Å². The van der Waals surface area contributed by atoms with Crippen LogP contribution in [0.15, 0.2) is 40.8 Å². The van der Waals surface area contributed by atoms with Crippen LogP contribution in [-0.4, -0.2) is 20.4 Å². The van der Waals surface area contributed by atoms with E-state index in [9.17, 15) is 9.59 Å². The average molecular weight is 479 g/mol. The fourth-order valence-corrected chi connectivity index (χ4v) is 6.64. The van der Waals surface area contributed by atoms with Crippen molar-refractivity contribution >= 4 is 49.6 Å². The first-order valence-corrected chi connectivity index (χ1v) is 13.1. The van der Waals surface area contributed by atoms with E-state index in [4.69, 9.17) is 4.98 Å². The Hall–Kier alpha value is -2.84. The monoisotopic (exact) mass is 478 g/mol. The highest BCUT2D eigenvalue weighted by Crippen LogP contribution is 2.34. The maximum atomic E-state index is 13.4. The maximum absolute atomic E-state index is 13.4. The summed E-state index contributed by atoms with van der Waals surface area (Å²) in [4.78, 5) is 39.1. The first-order valence-electron chi connectivity index (χ1n) is 11.4. The maximum Gasteiger partial charge on any atom is 0.262 e. The fourth-order valence-electron chi connectivity index (χ4n) is 4.55. The molecule has 8 heteroatoms. The first kappa shape index (κ1) is 22.0. The van der Waals surface area contributed by atoms with Crippen molar-refractivity contribution in [1.29, 1.82) is 0 Å². The lowest BCUT2D eigenvalue weighted by Crippen LogP contribution is -2.24. The summed E-state index contributed by atoms with van der Waals surface area (Å²) in [6.45, 7) is 3.97. The third-order valence-electron chi connectivity index (χ3n) is 6.18. The van der Waals surface area contributed by atoms with Crippen LogP contribution in [0.25, 0.3) is 10.2 Å². The zero-order valence-corrected chi connectivity index (χ0v) is 20.5. The molecule has 1 aromatic carbocycles. The average Bonchev–Trinajstić information content (AvgIpc) is 3.33. The van der Waals surface area contributed by atoms with Crippen LogP contribution in [0.2, 0.25) is 0 Å².